The molecular formula is C21H22NOP. The third-order valence-corrected chi connectivity index (χ3v) is 6.23. The molecule has 122 valence electrons. The first-order valence-corrected chi connectivity index (χ1v) is 9.40. The second-order valence-corrected chi connectivity index (χ2v) is 8.63. The smallest absolute Gasteiger partial charge is 0.104 e. The van der Waals surface area contributed by atoms with E-state index in [0.717, 1.165) is 5.56 Å². The van der Waals surface area contributed by atoms with Crippen molar-refractivity contribution in [2.75, 3.05) is 14.1 Å². The van der Waals surface area contributed by atoms with Crippen LogP contribution in [-0.4, -0.2) is 18.7 Å². The highest BCUT2D eigenvalue weighted by molar-refractivity contribution is 7.79. The summed E-state index contributed by atoms with van der Waals surface area (Å²) in [6, 6.07) is 29.8. The third-order valence-electron chi connectivity index (χ3n) is 3.79. The van der Waals surface area contributed by atoms with Gasteiger partial charge in [0, 0.05) is 5.56 Å². The van der Waals surface area contributed by atoms with Gasteiger partial charge in [-0.1, -0.05) is 84.9 Å². The van der Waals surface area contributed by atoms with E-state index >= 15 is 0 Å². The van der Waals surface area contributed by atoms with Crippen LogP contribution in [0.25, 0.3) is 0 Å². The number of hydrogen-bond donors (Lipinski definition) is 0. The van der Waals surface area contributed by atoms with Crippen LogP contribution in [0.1, 0.15) is 5.56 Å². The van der Waals surface area contributed by atoms with Crippen LogP contribution in [-0.2, 0) is 6.54 Å². The van der Waals surface area contributed by atoms with Crippen LogP contribution < -0.4 is 15.9 Å². The topological polar surface area (TPSA) is 23.1 Å². The Hall–Kier alpha value is -1.99. The van der Waals surface area contributed by atoms with E-state index in [4.69, 9.17) is 0 Å². The first kappa shape index (κ1) is 16.9. The highest BCUT2D eigenvalue weighted by atomic mass is 31.1. The molecule has 2 nitrogen and oxygen atoms in total. The molecular weight excluding hydrogens is 313 g/mol. The second kappa shape index (κ2) is 7.27. The maximum atomic E-state index is 11.9. The predicted octanol–water partition coefficient (Wildman–Crippen LogP) is 3.52. The van der Waals surface area contributed by atoms with Crippen LogP contribution in [0.5, 0.6) is 0 Å². The average Bonchev–Trinajstić information content (AvgIpc) is 2.57. The molecule has 0 aliphatic heterocycles. The fourth-order valence-corrected chi connectivity index (χ4v) is 5.07. The number of nitrogens with zero attached hydrogens (tertiary/aromatic N) is 1. The van der Waals surface area contributed by atoms with E-state index in [1.165, 1.54) is 15.9 Å². The molecule has 0 heterocycles. The van der Waals surface area contributed by atoms with Gasteiger partial charge in [-0.05, 0) is 23.8 Å². The fraction of sp³-hybridized carbons (Fsp3) is 0.143. The summed E-state index contributed by atoms with van der Waals surface area (Å²) in [5, 5.41) is 15.9. The average molecular weight is 335 g/mol. The molecule has 0 bridgehead atoms. The largest absolute Gasteiger partial charge is 0.633 e. The van der Waals surface area contributed by atoms with E-state index in [2.05, 4.69) is 84.9 Å². The summed E-state index contributed by atoms with van der Waals surface area (Å²) in [6.07, 6.45) is 0. The van der Waals surface area contributed by atoms with Crippen molar-refractivity contribution in [2.45, 2.75) is 6.54 Å². The van der Waals surface area contributed by atoms with Crippen molar-refractivity contribution in [3.63, 3.8) is 0 Å². The standard InChI is InChI=1S/C21H22NOP/c1-22(2,23)17-18-13-15-21(16-14-18)24(19-9-5-3-6-10-19)20-11-7-4-8-12-20/h3-16H,17H2,1-2H3. The van der Waals surface area contributed by atoms with Crippen LogP contribution in [0.4, 0.5) is 0 Å². The van der Waals surface area contributed by atoms with Crippen LogP contribution in [0.2, 0.25) is 0 Å². The molecule has 0 atom stereocenters. The number of benzene rings is 3. The number of hydrogen-bond acceptors (Lipinski definition) is 1. The summed E-state index contributed by atoms with van der Waals surface area (Å²) in [5.74, 6) is 0. The van der Waals surface area contributed by atoms with Crippen LogP contribution in [0.3, 0.4) is 0 Å². The van der Waals surface area contributed by atoms with Gasteiger partial charge in [0.2, 0.25) is 0 Å². The molecule has 0 aliphatic rings. The Morgan fingerprint density at radius 3 is 1.50 bits per heavy atom. The van der Waals surface area contributed by atoms with Crippen molar-refractivity contribution in [2.24, 2.45) is 0 Å². The van der Waals surface area contributed by atoms with E-state index in [0.29, 0.717) is 6.54 Å². The van der Waals surface area contributed by atoms with Gasteiger partial charge in [-0.15, -0.1) is 0 Å². The van der Waals surface area contributed by atoms with Crippen molar-refractivity contribution in [1.29, 1.82) is 0 Å². The summed E-state index contributed by atoms with van der Waals surface area (Å²) < 4.78 is -0.300. The third kappa shape index (κ3) is 4.30. The summed E-state index contributed by atoms with van der Waals surface area (Å²) in [7, 11) is 2.78. The SMILES string of the molecule is C[N+](C)([O-])Cc1ccc(P(c2ccccc2)c2ccccc2)cc1. The molecule has 3 rings (SSSR count). The van der Waals surface area contributed by atoms with E-state index in [9.17, 15) is 5.21 Å². The van der Waals surface area contributed by atoms with Gasteiger partial charge in [0.05, 0.1) is 14.1 Å². The molecule has 0 saturated heterocycles. The molecule has 0 unspecified atom stereocenters. The van der Waals surface area contributed by atoms with Gasteiger partial charge in [0.1, 0.15) is 6.54 Å². The molecule has 0 fully saturated rings. The Kier molecular flexibility index (Phi) is 5.11. The minimum atomic E-state index is -0.575. The van der Waals surface area contributed by atoms with Gasteiger partial charge in [-0.2, -0.15) is 0 Å². The first-order valence-electron chi connectivity index (χ1n) is 8.06. The monoisotopic (exact) mass is 335 g/mol. The molecule has 0 aliphatic carbocycles. The summed E-state index contributed by atoms with van der Waals surface area (Å²) in [4.78, 5) is 0. The Labute approximate surface area is 145 Å². The summed E-state index contributed by atoms with van der Waals surface area (Å²) in [5.41, 5.74) is 1.08. The number of quaternary nitrogens is 1. The van der Waals surface area contributed by atoms with Crippen molar-refractivity contribution in [3.8, 4) is 0 Å². The van der Waals surface area contributed by atoms with E-state index < -0.39 is 7.92 Å². The van der Waals surface area contributed by atoms with Gasteiger partial charge in [-0.3, -0.25) is 0 Å². The zero-order valence-corrected chi connectivity index (χ0v) is 15.0. The Morgan fingerprint density at radius 2 is 1.08 bits per heavy atom. The summed E-state index contributed by atoms with van der Waals surface area (Å²) >= 11 is 0. The fourth-order valence-electron chi connectivity index (χ4n) is 2.79. The Morgan fingerprint density at radius 1 is 0.667 bits per heavy atom. The van der Waals surface area contributed by atoms with Gasteiger partial charge in [0.25, 0.3) is 0 Å². The molecule has 0 spiro atoms. The molecule has 0 radical (unpaired) electrons. The highest BCUT2D eigenvalue weighted by Gasteiger charge is 2.16. The van der Waals surface area contributed by atoms with Crippen LogP contribution >= 0.6 is 7.92 Å². The Bertz CT molecular complexity index is 725. The van der Waals surface area contributed by atoms with Crippen molar-refractivity contribution in [3.05, 3.63) is 95.7 Å². The maximum Gasteiger partial charge on any atom is 0.104 e. The van der Waals surface area contributed by atoms with E-state index in [1.807, 2.05) is 0 Å². The maximum absolute atomic E-state index is 11.9. The summed E-state index contributed by atoms with van der Waals surface area (Å²) in [6.45, 7) is 0.495. The normalized spacial score (nSPS) is 11.7. The van der Waals surface area contributed by atoms with Crippen molar-refractivity contribution < 1.29 is 4.65 Å². The Balaban J connectivity index is 1.98. The lowest BCUT2D eigenvalue weighted by molar-refractivity contribution is -0.853. The van der Waals surface area contributed by atoms with Gasteiger partial charge in [0.15, 0.2) is 0 Å². The molecule has 3 aromatic carbocycles. The zero-order chi connectivity index (χ0) is 17.0. The lowest BCUT2D eigenvalue weighted by atomic mass is 10.2. The van der Waals surface area contributed by atoms with Crippen LogP contribution in [0.15, 0.2) is 84.9 Å². The minimum Gasteiger partial charge on any atom is -0.633 e. The molecule has 0 saturated carbocycles. The molecule has 0 N–H and O–H groups in total. The zero-order valence-electron chi connectivity index (χ0n) is 14.1. The first-order chi connectivity index (χ1) is 11.5. The predicted molar refractivity (Wildman–Crippen MR) is 104 cm³/mol. The molecule has 0 aromatic heterocycles. The van der Waals surface area contributed by atoms with Gasteiger partial charge in [-0.25, -0.2) is 0 Å². The number of hydroxylamine groups is 3. The lowest BCUT2D eigenvalue weighted by Gasteiger charge is -2.33. The highest BCUT2D eigenvalue weighted by Crippen LogP contribution is 2.32. The molecule has 24 heavy (non-hydrogen) atoms. The van der Waals surface area contributed by atoms with Gasteiger partial charge >= 0.3 is 0 Å². The quantitative estimate of drug-likeness (QED) is 0.397. The van der Waals surface area contributed by atoms with Gasteiger partial charge < -0.3 is 9.85 Å². The van der Waals surface area contributed by atoms with E-state index in [1.54, 1.807) is 14.1 Å². The molecule has 3 heteroatoms. The molecule has 0 amide bonds. The number of rotatable bonds is 5. The van der Waals surface area contributed by atoms with E-state index in [-0.39, 0.29) is 4.65 Å². The molecule has 3 aromatic rings. The lowest BCUT2D eigenvalue weighted by Crippen LogP contribution is -2.31. The van der Waals surface area contributed by atoms with Crippen molar-refractivity contribution >= 4 is 23.8 Å². The van der Waals surface area contributed by atoms with Crippen molar-refractivity contribution in [1.82, 2.24) is 0 Å². The van der Waals surface area contributed by atoms with Crippen LogP contribution in [0, 0.1) is 5.21 Å². The second-order valence-electron chi connectivity index (χ2n) is 6.40. The minimum absolute atomic E-state index is 0.300.